The molecule has 6 rings (SSSR count). The van der Waals surface area contributed by atoms with Crippen molar-refractivity contribution in [2.75, 3.05) is 6.54 Å². The molecule has 2 fully saturated rings. The number of alkyl halides is 2. The van der Waals surface area contributed by atoms with Crippen LogP contribution >= 0.6 is 0 Å². The van der Waals surface area contributed by atoms with Gasteiger partial charge in [-0.2, -0.15) is 8.78 Å². The molecule has 2 aromatic carbocycles. The Balaban J connectivity index is 1.27. The maximum absolute atomic E-state index is 16.0. The number of likely N-dealkylation sites (tertiary alicyclic amines) is 1. The van der Waals surface area contributed by atoms with Gasteiger partial charge in [-0.3, -0.25) is 4.90 Å². The lowest BCUT2D eigenvalue weighted by molar-refractivity contribution is 0.00578. The molecule has 2 aliphatic heterocycles. The topological polar surface area (TPSA) is 76.7 Å². The first-order valence-corrected chi connectivity index (χ1v) is 14.2. The third kappa shape index (κ3) is 4.65. The Labute approximate surface area is 239 Å². The van der Waals surface area contributed by atoms with Gasteiger partial charge in [0.05, 0.1) is 29.1 Å². The van der Waals surface area contributed by atoms with Crippen LogP contribution in [0.3, 0.4) is 0 Å². The van der Waals surface area contributed by atoms with Gasteiger partial charge in [-0.1, -0.05) is 30.3 Å². The lowest BCUT2D eigenvalue weighted by atomic mass is 9.77. The van der Waals surface area contributed by atoms with E-state index in [0.29, 0.717) is 40.2 Å². The van der Waals surface area contributed by atoms with Crippen molar-refractivity contribution in [3.05, 3.63) is 59.5 Å². The van der Waals surface area contributed by atoms with Gasteiger partial charge in [0.1, 0.15) is 11.4 Å². The predicted octanol–water partition coefficient (Wildman–Crippen LogP) is 6.57. The molecule has 3 aliphatic rings. The molecule has 3 aromatic rings. The minimum Gasteiger partial charge on any atom is -0.444 e. The van der Waals surface area contributed by atoms with E-state index in [0.717, 1.165) is 12.8 Å². The Hall–Kier alpha value is -3.24. The molecule has 0 spiro atoms. The summed E-state index contributed by atoms with van der Waals surface area (Å²) in [5, 5.41) is 0. The van der Waals surface area contributed by atoms with Crippen LogP contribution in [0.5, 0.6) is 0 Å². The highest BCUT2D eigenvalue weighted by atomic mass is 19.3. The number of carbonyl (C=O) groups is 1. The second-order valence-corrected chi connectivity index (χ2v) is 13.2. The van der Waals surface area contributed by atoms with Crippen LogP contribution in [0.1, 0.15) is 84.3 Å². The summed E-state index contributed by atoms with van der Waals surface area (Å²) < 4.78 is 49.7. The van der Waals surface area contributed by atoms with E-state index < -0.39 is 29.8 Å². The second kappa shape index (κ2) is 9.13. The van der Waals surface area contributed by atoms with Crippen molar-refractivity contribution < 1.29 is 27.6 Å². The molecule has 7 nitrogen and oxygen atoms in total. The van der Waals surface area contributed by atoms with E-state index in [9.17, 15) is 4.79 Å². The first-order valence-electron chi connectivity index (χ1n) is 14.2. The molecule has 0 unspecified atom stereocenters. The van der Waals surface area contributed by atoms with Crippen LogP contribution < -0.4 is 5.46 Å². The molecule has 41 heavy (non-hydrogen) atoms. The zero-order chi connectivity index (χ0) is 29.5. The van der Waals surface area contributed by atoms with Crippen molar-refractivity contribution in [1.82, 2.24) is 14.9 Å². The standard InChI is InChI=1S/C31H36BF2N3O4/c1-28(2,3)39-27(38)37-14-8-9-25(37)26-35-17-24(36-26)18-10-12-20-21-13-11-19(16-23(21)31(33,34)22(20)15-18)32-40-29(4,5)30(6,7)41-32/h10-13,15-17,25H,8-9,14H2,1-7H3,(H,35,36)/t25-/m0/s1. The minimum atomic E-state index is -3.19. The number of nitrogens with one attached hydrogen (secondary N) is 1. The van der Waals surface area contributed by atoms with Gasteiger partial charge in [-0.15, -0.1) is 0 Å². The molecule has 1 atom stereocenters. The van der Waals surface area contributed by atoms with Crippen LogP contribution in [0.4, 0.5) is 13.6 Å². The molecule has 1 aliphatic carbocycles. The molecule has 10 heteroatoms. The zero-order valence-electron chi connectivity index (χ0n) is 24.6. The molecule has 0 bridgehead atoms. The summed E-state index contributed by atoms with van der Waals surface area (Å²) in [6, 6.07) is 9.88. The summed E-state index contributed by atoms with van der Waals surface area (Å²) in [6.45, 7) is 13.8. The molecular weight excluding hydrogens is 527 g/mol. The monoisotopic (exact) mass is 563 g/mol. The van der Waals surface area contributed by atoms with Gasteiger partial charge in [0.15, 0.2) is 0 Å². The fourth-order valence-electron chi connectivity index (χ4n) is 5.78. The number of imidazole rings is 1. The van der Waals surface area contributed by atoms with Crippen LogP contribution in [0.15, 0.2) is 42.6 Å². The highest BCUT2D eigenvalue weighted by Crippen LogP contribution is 2.51. The lowest BCUT2D eigenvalue weighted by Gasteiger charge is -2.32. The predicted molar refractivity (Wildman–Crippen MR) is 153 cm³/mol. The van der Waals surface area contributed by atoms with Crippen LogP contribution in [0.2, 0.25) is 0 Å². The van der Waals surface area contributed by atoms with Crippen LogP contribution in [-0.4, -0.2) is 51.4 Å². The number of amides is 1. The number of aromatic amines is 1. The number of carbonyl (C=O) groups excluding carboxylic acids is 1. The van der Waals surface area contributed by atoms with Crippen LogP contribution in [0, 0.1) is 0 Å². The number of aromatic nitrogens is 2. The molecule has 0 saturated carbocycles. The summed E-state index contributed by atoms with van der Waals surface area (Å²) in [5.41, 5.74) is 0.944. The minimum absolute atomic E-state index is 0.0523. The Kier molecular flexibility index (Phi) is 6.22. The number of hydrogen-bond acceptors (Lipinski definition) is 5. The van der Waals surface area contributed by atoms with Crippen molar-refractivity contribution in [2.45, 2.75) is 90.1 Å². The van der Waals surface area contributed by atoms with Gasteiger partial charge < -0.3 is 19.0 Å². The first-order chi connectivity index (χ1) is 19.1. The van der Waals surface area contributed by atoms with Gasteiger partial charge in [0.2, 0.25) is 0 Å². The van der Waals surface area contributed by atoms with Crippen molar-refractivity contribution in [3.8, 4) is 22.4 Å². The van der Waals surface area contributed by atoms with E-state index in [-0.39, 0.29) is 23.3 Å². The zero-order valence-corrected chi connectivity index (χ0v) is 24.6. The van der Waals surface area contributed by atoms with E-state index >= 15 is 8.78 Å². The van der Waals surface area contributed by atoms with Gasteiger partial charge in [0.25, 0.3) is 5.92 Å². The van der Waals surface area contributed by atoms with Crippen LogP contribution in [-0.2, 0) is 20.0 Å². The molecule has 1 N–H and O–H groups in total. The molecular formula is C31H36BF2N3O4. The van der Waals surface area contributed by atoms with E-state index in [1.54, 1.807) is 29.3 Å². The van der Waals surface area contributed by atoms with Gasteiger partial charge in [-0.25, -0.2) is 9.78 Å². The fourth-order valence-corrected chi connectivity index (χ4v) is 5.78. The molecule has 3 heterocycles. The van der Waals surface area contributed by atoms with E-state index in [1.165, 1.54) is 12.1 Å². The van der Waals surface area contributed by atoms with E-state index in [4.69, 9.17) is 14.0 Å². The number of H-pyrrole nitrogens is 1. The number of rotatable bonds is 3. The van der Waals surface area contributed by atoms with Gasteiger partial charge in [-0.05, 0) is 84.0 Å². The van der Waals surface area contributed by atoms with Crippen molar-refractivity contribution >= 4 is 18.7 Å². The van der Waals surface area contributed by atoms with E-state index in [1.807, 2.05) is 54.5 Å². The Bertz CT molecular complexity index is 1510. The SMILES string of the molecule is CC(C)(C)OC(=O)N1CCC[C@H]1c1ncc(-c2ccc3c(c2)C(F)(F)c2cc(B4OC(C)(C)C(C)(C)O4)ccc2-3)[nH]1. The summed E-state index contributed by atoms with van der Waals surface area (Å²) in [5.74, 6) is -2.58. The van der Waals surface area contributed by atoms with Gasteiger partial charge >= 0.3 is 13.2 Å². The molecule has 216 valence electrons. The summed E-state index contributed by atoms with van der Waals surface area (Å²) >= 11 is 0. The Morgan fingerprint density at radius 3 is 2.34 bits per heavy atom. The fraction of sp³-hybridized carbons (Fsp3) is 0.484. The summed E-state index contributed by atoms with van der Waals surface area (Å²) in [4.78, 5) is 22.3. The number of benzene rings is 2. The highest BCUT2D eigenvalue weighted by Gasteiger charge is 2.53. The largest absolute Gasteiger partial charge is 0.494 e. The number of ether oxygens (including phenoxy) is 1. The normalized spacial score (nSPS) is 22.1. The van der Waals surface area contributed by atoms with Gasteiger partial charge in [0, 0.05) is 23.2 Å². The number of hydrogen-bond donors (Lipinski definition) is 1. The van der Waals surface area contributed by atoms with Crippen LogP contribution in [0.25, 0.3) is 22.4 Å². The number of nitrogens with zero attached hydrogens (tertiary/aromatic N) is 2. The Morgan fingerprint density at radius 2 is 1.68 bits per heavy atom. The third-order valence-corrected chi connectivity index (χ3v) is 8.66. The smallest absolute Gasteiger partial charge is 0.444 e. The average Bonchev–Trinajstić information content (AvgIpc) is 3.63. The molecule has 1 aromatic heterocycles. The maximum atomic E-state index is 16.0. The summed E-state index contributed by atoms with van der Waals surface area (Å²) in [7, 11) is -0.723. The van der Waals surface area contributed by atoms with Crippen molar-refractivity contribution in [3.63, 3.8) is 0 Å². The number of halogens is 2. The van der Waals surface area contributed by atoms with Crippen molar-refractivity contribution in [1.29, 1.82) is 0 Å². The van der Waals surface area contributed by atoms with Crippen molar-refractivity contribution in [2.24, 2.45) is 0 Å². The lowest BCUT2D eigenvalue weighted by Crippen LogP contribution is -2.41. The summed E-state index contributed by atoms with van der Waals surface area (Å²) in [6.07, 6.45) is 2.83. The first kappa shape index (κ1) is 27.9. The molecule has 2 saturated heterocycles. The molecule has 1 amide bonds. The Morgan fingerprint density at radius 1 is 1.05 bits per heavy atom. The molecule has 0 radical (unpaired) electrons. The second-order valence-electron chi connectivity index (χ2n) is 13.2. The third-order valence-electron chi connectivity index (χ3n) is 8.66. The average molecular weight is 563 g/mol. The maximum Gasteiger partial charge on any atom is 0.494 e. The highest BCUT2D eigenvalue weighted by molar-refractivity contribution is 6.62. The number of fused-ring (bicyclic) bond motifs is 3. The van der Waals surface area contributed by atoms with E-state index in [2.05, 4.69) is 9.97 Å². The quantitative estimate of drug-likeness (QED) is 0.365.